The summed E-state index contributed by atoms with van der Waals surface area (Å²) in [6, 6.07) is 3.34. The van der Waals surface area contributed by atoms with Crippen LogP contribution in [0.25, 0.3) is 0 Å². The number of nitrogens with zero attached hydrogens (tertiary/aromatic N) is 2. The van der Waals surface area contributed by atoms with Gasteiger partial charge in [-0.3, -0.25) is 24.1 Å². The van der Waals surface area contributed by atoms with Gasteiger partial charge in [-0.2, -0.15) is 18.2 Å². The number of para-hydroxylation sites is 2. The number of ether oxygens (including phenoxy) is 1. The standard InChI is InChI=1S/C18H16F3N3O5S2/c1-2-29-16(28)14-15(27)23-17(31-14)30-8-13(26)24-10-6-4-3-5-9(10)22-12(25)7-11(24)18(19,20)21/h3-6,11,14H,2,7-8H2,1H3,(H,22,25)/t11-,14-/m1/s1. The lowest BCUT2D eigenvalue weighted by atomic mass is 10.1. The molecule has 0 fully saturated rings. The van der Waals surface area contributed by atoms with Gasteiger partial charge in [-0.05, 0) is 19.1 Å². The van der Waals surface area contributed by atoms with Crippen molar-refractivity contribution in [3.8, 4) is 0 Å². The van der Waals surface area contributed by atoms with E-state index in [9.17, 15) is 32.3 Å². The third-order valence-corrected chi connectivity index (χ3v) is 6.53. The van der Waals surface area contributed by atoms with Crippen LogP contribution in [0.3, 0.4) is 0 Å². The van der Waals surface area contributed by atoms with Gasteiger partial charge in [0.2, 0.25) is 11.8 Å². The summed E-state index contributed by atoms with van der Waals surface area (Å²) in [6.45, 7) is 1.65. The zero-order valence-corrected chi connectivity index (χ0v) is 17.6. The molecular formula is C18H16F3N3O5S2. The molecule has 13 heteroatoms. The van der Waals surface area contributed by atoms with Gasteiger partial charge in [0.15, 0.2) is 5.25 Å². The Morgan fingerprint density at radius 2 is 2.03 bits per heavy atom. The average Bonchev–Trinajstić information content (AvgIpc) is 2.98. The second-order valence-corrected chi connectivity index (χ2v) is 8.66. The molecule has 2 atom stereocenters. The molecule has 0 spiro atoms. The minimum Gasteiger partial charge on any atom is -0.465 e. The summed E-state index contributed by atoms with van der Waals surface area (Å²) in [4.78, 5) is 52.7. The van der Waals surface area contributed by atoms with Crippen molar-refractivity contribution in [2.75, 3.05) is 22.6 Å². The second kappa shape index (κ2) is 9.30. The predicted octanol–water partition coefficient (Wildman–Crippen LogP) is 2.59. The zero-order chi connectivity index (χ0) is 22.8. The highest BCUT2D eigenvalue weighted by atomic mass is 32.2. The summed E-state index contributed by atoms with van der Waals surface area (Å²) in [7, 11) is 0. The number of rotatable bonds is 4. The van der Waals surface area contributed by atoms with Crippen LogP contribution in [0, 0.1) is 0 Å². The SMILES string of the molecule is CCOC(=O)[C@@H]1SC(SCC(=O)N2c3ccccc3NC(=O)C[C@@H]2C(F)(F)F)=NC1=O. The molecule has 3 amide bonds. The molecule has 0 saturated heterocycles. The normalized spacial score (nSPS) is 21.2. The first-order valence-electron chi connectivity index (χ1n) is 8.98. The van der Waals surface area contributed by atoms with Gasteiger partial charge < -0.3 is 10.1 Å². The van der Waals surface area contributed by atoms with E-state index >= 15 is 0 Å². The number of alkyl halides is 3. The summed E-state index contributed by atoms with van der Waals surface area (Å²) in [6.07, 6.45) is -5.80. The molecule has 0 unspecified atom stereocenters. The Hall–Kier alpha value is -2.54. The van der Waals surface area contributed by atoms with E-state index in [0.717, 1.165) is 23.5 Å². The monoisotopic (exact) mass is 475 g/mol. The van der Waals surface area contributed by atoms with Gasteiger partial charge >= 0.3 is 12.1 Å². The van der Waals surface area contributed by atoms with Crippen LogP contribution in [0.1, 0.15) is 13.3 Å². The van der Waals surface area contributed by atoms with Crippen LogP contribution in [-0.4, -0.2) is 57.9 Å². The molecule has 0 bridgehead atoms. The molecule has 1 N–H and O–H groups in total. The predicted molar refractivity (Wildman–Crippen MR) is 110 cm³/mol. The lowest BCUT2D eigenvalue weighted by Crippen LogP contribution is -2.50. The molecule has 31 heavy (non-hydrogen) atoms. The summed E-state index contributed by atoms with van der Waals surface area (Å²) in [5.41, 5.74) is 0.00509. The quantitative estimate of drug-likeness (QED) is 0.527. The maximum Gasteiger partial charge on any atom is 0.409 e. The molecule has 0 aromatic heterocycles. The van der Waals surface area contributed by atoms with Crippen LogP contribution in [-0.2, 0) is 23.9 Å². The van der Waals surface area contributed by atoms with E-state index in [4.69, 9.17) is 4.74 Å². The van der Waals surface area contributed by atoms with Gasteiger partial charge in [-0.25, -0.2) is 0 Å². The number of anilines is 2. The molecule has 0 saturated carbocycles. The van der Waals surface area contributed by atoms with Crippen molar-refractivity contribution in [2.45, 2.75) is 30.8 Å². The summed E-state index contributed by atoms with van der Waals surface area (Å²) in [5.74, 6) is -3.79. The Bertz CT molecular complexity index is 954. The Morgan fingerprint density at radius 1 is 1.32 bits per heavy atom. The van der Waals surface area contributed by atoms with Crippen LogP contribution in [0.5, 0.6) is 0 Å². The van der Waals surface area contributed by atoms with Gasteiger partial charge in [0.05, 0.1) is 30.2 Å². The summed E-state index contributed by atoms with van der Waals surface area (Å²) >= 11 is 1.53. The lowest BCUT2D eigenvalue weighted by molar-refractivity contribution is -0.157. The van der Waals surface area contributed by atoms with Gasteiger partial charge in [-0.1, -0.05) is 35.7 Å². The maximum absolute atomic E-state index is 13.7. The van der Waals surface area contributed by atoms with E-state index in [0.29, 0.717) is 4.90 Å². The van der Waals surface area contributed by atoms with Crippen LogP contribution >= 0.6 is 23.5 Å². The highest BCUT2D eigenvalue weighted by Crippen LogP contribution is 2.38. The van der Waals surface area contributed by atoms with Crippen LogP contribution in [0.4, 0.5) is 24.5 Å². The Balaban J connectivity index is 1.79. The summed E-state index contributed by atoms with van der Waals surface area (Å²) in [5, 5.41) is 1.19. The first-order chi connectivity index (χ1) is 14.6. The van der Waals surface area contributed by atoms with Gasteiger partial charge in [0.25, 0.3) is 5.91 Å². The third-order valence-electron chi connectivity index (χ3n) is 4.24. The number of nitrogens with one attached hydrogen (secondary N) is 1. The first-order valence-corrected chi connectivity index (χ1v) is 10.8. The van der Waals surface area contributed by atoms with E-state index in [2.05, 4.69) is 10.3 Å². The number of thioether (sulfide) groups is 2. The molecule has 0 radical (unpaired) electrons. The molecule has 1 aromatic rings. The fourth-order valence-corrected chi connectivity index (χ4v) is 4.89. The first kappa shape index (κ1) is 23.1. The summed E-state index contributed by atoms with van der Waals surface area (Å²) < 4.78 is 46.0. The van der Waals surface area contributed by atoms with E-state index < -0.39 is 53.3 Å². The third kappa shape index (κ3) is 5.21. The zero-order valence-electron chi connectivity index (χ0n) is 16.0. The van der Waals surface area contributed by atoms with Crippen molar-refractivity contribution in [1.82, 2.24) is 0 Å². The Labute approximate surface area is 183 Å². The van der Waals surface area contributed by atoms with Gasteiger partial charge in [-0.15, -0.1) is 0 Å². The average molecular weight is 475 g/mol. The maximum atomic E-state index is 13.7. The smallest absolute Gasteiger partial charge is 0.409 e. The number of fused-ring (bicyclic) bond motifs is 1. The molecule has 2 heterocycles. The molecule has 2 aliphatic rings. The highest BCUT2D eigenvalue weighted by molar-refractivity contribution is 8.40. The highest BCUT2D eigenvalue weighted by Gasteiger charge is 2.49. The number of carbonyl (C=O) groups excluding carboxylic acids is 4. The van der Waals surface area contributed by atoms with Crippen molar-refractivity contribution in [1.29, 1.82) is 0 Å². The molecule has 0 aliphatic carbocycles. The van der Waals surface area contributed by atoms with Crippen molar-refractivity contribution in [3.05, 3.63) is 24.3 Å². The van der Waals surface area contributed by atoms with Crippen LogP contribution in [0.15, 0.2) is 29.3 Å². The van der Waals surface area contributed by atoms with Crippen molar-refractivity contribution in [3.63, 3.8) is 0 Å². The fourth-order valence-electron chi connectivity index (χ4n) is 2.95. The van der Waals surface area contributed by atoms with Crippen molar-refractivity contribution >= 4 is 63.0 Å². The topological polar surface area (TPSA) is 105 Å². The number of hydrogen-bond donors (Lipinski definition) is 1. The molecule has 1 aromatic carbocycles. The molecular weight excluding hydrogens is 459 g/mol. The Kier molecular flexibility index (Phi) is 6.94. The lowest BCUT2D eigenvalue weighted by Gasteiger charge is -2.31. The molecule has 2 aliphatic heterocycles. The molecule has 166 valence electrons. The Morgan fingerprint density at radius 3 is 2.71 bits per heavy atom. The number of esters is 1. The second-order valence-electron chi connectivity index (χ2n) is 6.35. The van der Waals surface area contributed by atoms with E-state index in [-0.39, 0.29) is 22.4 Å². The number of halogens is 3. The molecule has 8 nitrogen and oxygen atoms in total. The number of hydrogen-bond acceptors (Lipinski definition) is 7. The van der Waals surface area contributed by atoms with Gasteiger partial charge in [0, 0.05) is 0 Å². The van der Waals surface area contributed by atoms with Crippen LogP contribution in [0.2, 0.25) is 0 Å². The van der Waals surface area contributed by atoms with Crippen molar-refractivity contribution in [2.24, 2.45) is 4.99 Å². The minimum atomic E-state index is -4.85. The number of carbonyl (C=O) groups is 4. The van der Waals surface area contributed by atoms with E-state index in [1.807, 2.05) is 0 Å². The van der Waals surface area contributed by atoms with Crippen LogP contribution < -0.4 is 10.2 Å². The van der Waals surface area contributed by atoms with E-state index in [1.165, 1.54) is 24.3 Å². The van der Waals surface area contributed by atoms with Crippen molar-refractivity contribution < 1.29 is 37.1 Å². The molecule has 3 rings (SSSR count). The van der Waals surface area contributed by atoms with Gasteiger partial charge in [0.1, 0.15) is 10.4 Å². The number of aliphatic imine (C=N–C) groups is 1. The number of benzene rings is 1. The number of amides is 3. The minimum absolute atomic E-state index is 0.0735. The van der Waals surface area contributed by atoms with E-state index in [1.54, 1.807) is 6.92 Å². The fraction of sp³-hybridized carbons (Fsp3) is 0.389. The largest absolute Gasteiger partial charge is 0.465 e.